The average Bonchev–Trinajstić information content (AvgIpc) is 2.58. The number of aromatic nitrogens is 3. The molecule has 4 heteroatoms. The summed E-state index contributed by atoms with van der Waals surface area (Å²) < 4.78 is 0. The number of H-pyrrole nitrogens is 1. The topological polar surface area (TPSA) is 58.6 Å². The number of aldehydes is 1. The van der Waals surface area contributed by atoms with E-state index in [4.69, 9.17) is 0 Å². The van der Waals surface area contributed by atoms with Gasteiger partial charge in [-0.1, -0.05) is 0 Å². The van der Waals surface area contributed by atoms with Gasteiger partial charge in [0.05, 0.1) is 5.39 Å². The van der Waals surface area contributed by atoms with E-state index in [9.17, 15) is 4.79 Å². The number of rotatable bonds is 0. The van der Waals surface area contributed by atoms with Crippen molar-refractivity contribution in [3.8, 4) is 11.8 Å². The largest absolute Gasteiger partial charge is 0.289 e. The minimum absolute atomic E-state index is 0.545. The molecule has 0 fully saturated rings. The molecule has 2 rings (SSSR count). The highest BCUT2D eigenvalue weighted by atomic mass is 16.1. The first-order valence-electron chi connectivity index (χ1n) is 3.66. The van der Waals surface area contributed by atoms with Crippen LogP contribution in [0.1, 0.15) is 5.69 Å². The van der Waals surface area contributed by atoms with Gasteiger partial charge >= 0.3 is 0 Å². The molecule has 0 bridgehead atoms. The van der Waals surface area contributed by atoms with E-state index in [1.807, 2.05) is 6.07 Å². The van der Waals surface area contributed by atoms with Gasteiger partial charge < -0.3 is 0 Å². The molecule has 2 aromatic heterocycles. The van der Waals surface area contributed by atoms with Gasteiger partial charge in [0.15, 0.2) is 11.9 Å². The molecule has 0 radical (unpaired) electrons. The first-order valence-corrected chi connectivity index (χ1v) is 3.66. The van der Waals surface area contributed by atoms with Crippen molar-refractivity contribution in [3.63, 3.8) is 0 Å². The van der Waals surface area contributed by atoms with Gasteiger partial charge in [-0.15, -0.1) is 0 Å². The predicted octanol–water partition coefficient (Wildman–Crippen LogP) is 0.508. The van der Waals surface area contributed by atoms with Crippen LogP contribution in [-0.2, 0) is 4.79 Å². The van der Waals surface area contributed by atoms with Crippen LogP contribution >= 0.6 is 0 Å². The Morgan fingerprint density at radius 1 is 1.54 bits per heavy atom. The highest BCUT2D eigenvalue weighted by molar-refractivity contribution is 5.82. The quantitative estimate of drug-likeness (QED) is 0.464. The lowest BCUT2D eigenvalue weighted by molar-refractivity contribution is -0.103. The lowest BCUT2D eigenvalue weighted by atomic mass is 10.3. The van der Waals surface area contributed by atoms with Gasteiger partial charge in [-0.2, -0.15) is 5.10 Å². The number of carbonyl (C=O) groups excluding carboxylic acids is 1. The van der Waals surface area contributed by atoms with Crippen LogP contribution in [-0.4, -0.2) is 21.5 Å². The summed E-state index contributed by atoms with van der Waals surface area (Å²) in [5, 5.41) is 7.45. The standard InChI is InChI=1S/C9H5N3O/c13-6-2-4-8-7-3-1-5-10-9(7)12-11-8/h1,3,5-6H,(H,10,11,12). The van der Waals surface area contributed by atoms with Crippen LogP contribution < -0.4 is 0 Å². The molecule has 0 atom stereocenters. The Morgan fingerprint density at radius 3 is 3.31 bits per heavy atom. The highest BCUT2D eigenvalue weighted by Gasteiger charge is 2.00. The molecule has 0 unspecified atom stereocenters. The number of carbonyl (C=O) groups is 1. The summed E-state index contributed by atoms with van der Waals surface area (Å²) in [5.74, 6) is 4.95. The number of aromatic amines is 1. The fourth-order valence-electron chi connectivity index (χ4n) is 1.05. The summed E-state index contributed by atoms with van der Waals surface area (Å²) in [6.07, 6.45) is 2.20. The summed E-state index contributed by atoms with van der Waals surface area (Å²) in [7, 11) is 0. The fourth-order valence-corrected chi connectivity index (χ4v) is 1.05. The zero-order valence-electron chi connectivity index (χ0n) is 6.61. The molecule has 0 spiro atoms. The van der Waals surface area contributed by atoms with Crippen molar-refractivity contribution in [1.29, 1.82) is 0 Å². The van der Waals surface area contributed by atoms with Crippen LogP contribution in [0.3, 0.4) is 0 Å². The SMILES string of the molecule is O=CC#Cc1[nH]nc2ncccc12. The first-order chi connectivity index (χ1) is 6.42. The van der Waals surface area contributed by atoms with E-state index < -0.39 is 0 Å². The van der Waals surface area contributed by atoms with Gasteiger partial charge in [-0.05, 0) is 24.0 Å². The molecule has 0 saturated carbocycles. The normalized spacial score (nSPS) is 9.23. The third kappa shape index (κ3) is 1.27. The van der Waals surface area contributed by atoms with Crippen molar-refractivity contribution in [2.24, 2.45) is 0 Å². The maximum absolute atomic E-state index is 10.0. The lowest BCUT2D eigenvalue weighted by Gasteiger charge is -1.83. The minimum atomic E-state index is 0.545. The van der Waals surface area contributed by atoms with Crippen LogP contribution in [0.15, 0.2) is 18.3 Å². The van der Waals surface area contributed by atoms with E-state index in [2.05, 4.69) is 27.0 Å². The molecule has 13 heavy (non-hydrogen) atoms. The van der Waals surface area contributed by atoms with Gasteiger partial charge in [0.25, 0.3) is 0 Å². The van der Waals surface area contributed by atoms with E-state index in [0.29, 0.717) is 17.6 Å². The molecule has 0 saturated heterocycles. The van der Waals surface area contributed by atoms with E-state index in [-0.39, 0.29) is 0 Å². The Kier molecular flexibility index (Phi) is 1.77. The summed E-state index contributed by atoms with van der Waals surface area (Å²) in [6.45, 7) is 0. The summed E-state index contributed by atoms with van der Waals surface area (Å²) in [6, 6.07) is 3.64. The molecule has 0 aromatic carbocycles. The Hall–Kier alpha value is -2.15. The molecule has 4 nitrogen and oxygen atoms in total. The summed E-state index contributed by atoms with van der Waals surface area (Å²) in [4.78, 5) is 14.0. The molecule has 0 aliphatic heterocycles. The van der Waals surface area contributed by atoms with Gasteiger partial charge in [0.1, 0.15) is 5.69 Å². The highest BCUT2D eigenvalue weighted by Crippen LogP contribution is 2.10. The number of nitrogens with one attached hydrogen (secondary N) is 1. The lowest BCUT2D eigenvalue weighted by Crippen LogP contribution is -1.74. The second kappa shape index (κ2) is 3.07. The Morgan fingerprint density at radius 2 is 2.46 bits per heavy atom. The molecule has 0 amide bonds. The molecular formula is C9H5N3O. The summed E-state index contributed by atoms with van der Waals surface area (Å²) >= 11 is 0. The van der Waals surface area contributed by atoms with Crippen molar-refractivity contribution in [1.82, 2.24) is 15.2 Å². The third-order valence-electron chi connectivity index (χ3n) is 1.59. The number of fused-ring (bicyclic) bond motifs is 1. The first kappa shape index (κ1) is 7.50. The van der Waals surface area contributed by atoms with Gasteiger partial charge in [0, 0.05) is 6.20 Å². The van der Waals surface area contributed by atoms with Gasteiger partial charge in [-0.3, -0.25) is 9.89 Å². The van der Waals surface area contributed by atoms with Crippen molar-refractivity contribution in [2.45, 2.75) is 0 Å². The number of hydrogen-bond acceptors (Lipinski definition) is 3. The number of pyridine rings is 1. The monoisotopic (exact) mass is 171 g/mol. The fraction of sp³-hybridized carbons (Fsp3) is 0. The summed E-state index contributed by atoms with van der Waals surface area (Å²) in [5.41, 5.74) is 1.23. The Labute approximate surface area is 74.0 Å². The minimum Gasteiger partial charge on any atom is -0.289 e. The smallest absolute Gasteiger partial charge is 0.193 e. The van der Waals surface area contributed by atoms with Crippen molar-refractivity contribution < 1.29 is 4.79 Å². The molecule has 0 aliphatic rings. The van der Waals surface area contributed by atoms with E-state index in [1.165, 1.54) is 0 Å². The van der Waals surface area contributed by atoms with Crippen LogP contribution in [0, 0.1) is 11.8 Å². The zero-order valence-corrected chi connectivity index (χ0v) is 6.61. The molecule has 0 aliphatic carbocycles. The molecule has 62 valence electrons. The Balaban J connectivity index is 2.64. The average molecular weight is 171 g/mol. The molecular weight excluding hydrogens is 166 g/mol. The van der Waals surface area contributed by atoms with E-state index >= 15 is 0 Å². The molecule has 2 aromatic rings. The predicted molar refractivity (Wildman–Crippen MR) is 46.8 cm³/mol. The van der Waals surface area contributed by atoms with Gasteiger partial charge in [-0.25, -0.2) is 4.98 Å². The maximum atomic E-state index is 10.0. The van der Waals surface area contributed by atoms with Crippen LogP contribution in [0.2, 0.25) is 0 Å². The third-order valence-corrected chi connectivity index (χ3v) is 1.59. The van der Waals surface area contributed by atoms with Crippen molar-refractivity contribution >= 4 is 17.3 Å². The second-order valence-corrected chi connectivity index (χ2v) is 2.36. The number of nitrogens with zero attached hydrogens (tertiary/aromatic N) is 2. The number of hydrogen-bond donors (Lipinski definition) is 1. The van der Waals surface area contributed by atoms with Crippen LogP contribution in [0.4, 0.5) is 0 Å². The van der Waals surface area contributed by atoms with E-state index in [1.54, 1.807) is 12.3 Å². The Bertz CT molecular complexity index is 504. The zero-order chi connectivity index (χ0) is 9.10. The van der Waals surface area contributed by atoms with E-state index in [0.717, 1.165) is 5.39 Å². The van der Waals surface area contributed by atoms with Gasteiger partial charge in [0.2, 0.25) is 0 Å². The van der Waals surface area contributed by atoms with Crippen molar-refractivity contribution in [2.75, 3.05) is 0 Å². The molecule has 1 N–H and O–H groups in total. The van der Waals surface area contributed by atoms with Crippen LogP contribution in [0.25, 0.3) is 11.0 Å². The second-order valence-electron chi connectivity index (χ2n) is 2.36. The molecule has 2 heterocycles. The maximum Gasteiger partial charge on any atom is 0.193 e. The van der Waals surface area contributed by atoms with Crippen molar-refractivity contribution in [3.05, 3.63) is 24.0 Å². The van der Waals surface area contributed by atoms with Crippen LogP contribution in [0.5, 0.6) is 0 Å².